The minimum absolute atomic E-state index is 0.224. The van der Waals surface area contributed by atoms with Crippen LogP contribution in [0.25, 0.3) is 10.9 Å². The Labute approximate surface area is 207 Å². The number of aromatic nitrogens is 2. The van der Waals surface area contributed by atoms with Crippen molar-refractivity contribution in [1.82, 2.24) is 9.97 Å². The van der Waals surface area contributed by atoms with Gasteiger partial charge in [-0.1, -0.05) is 19.9 Å². The molecule has 3 heterocycles. The highest BCUT2D eigenvalue weighted by molar-refractivity contribution is 7.92. The fourth-order valence-corrected chi connectivity index (χ4v) is 5.66. The second-order valence-corrected chi connectivity index (χ2v) is 11.5. The average Bonchev–Trinajstić information content (AvgIpc) is 3.22. The van der Waals surface area contributed by atoms with E-state index in [0.717, 1.165) is 61.0 Å². The van der Waals surface area contributed by atoms with E-state index in [1.807, 2.05) is 24.4 Å². The van der Waals surface area contributed by atoms with Crippen molar-refractivity contribution in [3.63, 3.8) is 0 Å². The van der Waals surface area contributed by atoms with E-state index in [1.54, 1.807) is 12.1 Å². The smallest absolute Gasteiger partial charge is 0.229 e. The number of aromatic amines is 1. The van der Waals surface area contributed by atoms with E-state index in [2.05, 4.69) is 46.3 Å². The largest absolute Gasteiger partial charge is 0.354 e. The molecular formula is C26H35N5O3S. The Bertz CT molecular complexity index is 1290. The van der Waals surface area contributed by atoms with Gasteiger partial charge in [0.25, 0.3) is 0 Å². The first-order valence-electron chi connectivity index (χ1n) is 12.2. The van der Waals surface area contributed by atoms with Gasteiger partial charge < -0.3 is 19.6 Å². The second kappa shape index (κ2) is 10.3. The predicted octanol–water partition coefficient (Wildman–Crippen LogP) is 4.20. The molecule has 9 heteroatoms. The van der Waals surface area contributed by atoms with Crippen LogP contribution in [-0.4, -0.2) is 56.1 Å². The number of benzene rings is 1. The van der Waals surface area contributed by atoms with Gasteiger partial charge in [-0.15, -0.1) is 0 Å². The summed E-state index contributed by atoms with van der Waals surface area (Å²) in [6.07, 6.45) is 6.62. The summed E-state index contributed by atoms with van der Waals surface area (Å²) in [4.78, 5) is 24.8. The number of nitrogens with one attached hydrogen (secondary N) is 2. The molecule has 0 radical (unpaired) electrons. The van der Waals surface area contributed by atoms with E-state index in [0.29, 0.717) is 18.0 Å². The van der Waals surface area contributed by atoms with Crippen LogP contribution in [0.2, 0.25) is 0 Å². The standard InChI is InChI=1S/C26H35N5O3S/c1-5-30(26-19(13-18(2)3)7-6-11-27-26)22-10-12-31(23(16-22)17-32)25-15-20-14-21(29-35(4,33)34)8-9-24(20)28-25/h6-9,11,14-15,17-18,22-23,28-29H,5,10,12-13,16H2,1-4H3. The van der Waals surface area contributed by atoms with Gasteiger partial charge in [-0.3, -0.25) is 4.72 Å². The van der Waals surface area contributed by atoms with Gasteiger partial charge in [-0.25, -0.2) is 13.4 Å². The highest BCUT2D eigenvalue weighted by atomic mass is 32.2. The summed E-state index contributed by atoms with van der Waals surface area (Å²) in [5, 5.41) is 0.891. The number of rotatable bonds is 9. The number of nitrogens with zero attached hydrogens (tertiary/aromatic N) is 3. The summed E-state index contributed by atoms with van der Waals surface area (Å²) in [6.45, 7) is 8.15. The molecule has 2 atom stereocenters. The Hall–Kier alpha value is -3.07. The zero-order chi connectivity index (χ0) is 25.2. The van der Waals surface area contributed by atoms with E-state index in [-0.39, 0.29) is 12.1 Å². The van der Waals surface area contributed by atoms with Gasteiger partial charge in [-0.05, 0) is 68.0 Å². The molecule has 0 bridgehead atoms. The van der Waals surface area contributed by atoms with Crippen molar-refractivity contribution in [3.05, 3.63) is 48.2 Å². The minimum Gasteiger partial charge on any atom is -0.354 e. The van der Waals surface area contributed by atoms with Gasteiger partial charge in [0, 0.05) is 41.9 Å². The first kappa shape index (κ1) is 25.0. The van der Waals surface area contributed by atoms with Gasteiger partial charge >= 0.3 is 0 Å². The fraction of sp³-hybridized carbons (Fsp3) is 0.462. The van der Waals surface area contributed by atoms with Crippen LogP contribution in [0.15, 0.2) is 42.6 Å². The lowest BCUT2D eigenvalue weighted by molar-refractivity contribution is -0.109. The lowest BCUT2D eigenvalue weighted by Gasteiger charge is -2.42. The number of carbonyl (C=O) groups is 1. The number of fused-ring (bicyclic) bond motifs is 1. The molecule has 1 saturated heterocycles. The van der Waals surface area contributed by atoms with Crippen molar-refractivity contribution in [1.29, 1.82) is 0 Å². The number of piperidine rings is 1. The van der Waals surface area contributed by atoms with Crippen molar-refractivity contribution < 1.29 is 13.2 Å². The molecular weight excluding hydrogens is 462 g/mol. The van der Waals surface area contributed by atoms with Gasteiger partial charge in [0.15, 0.2) is 0 Å². The Balaban J connectivity index is 1.55. The zero-order valence-corrected chi connectivity index (χ0v) is 21.7. The van der Waals surface area contributed by atoms with Crippen LogP contribution in [0.3, 0.4) is 0 Å². The molecule has 1 aliphatic rings. The minimum atomic E-state index is -3.35. The number of aldehydes is 1. The molecule has 0 aliphatic carbocycles. The molecule has 188 valence electrons. The summed E-state index contributed by atoms with van der Waals surface area (Å²) in [5.74, 6) is 2.44. The Morgan fingerprint density at radius 2 is 2.09 bits per heavy atom. The first-order valence-corrected chi connectivity index (χ1v) is 14.1. The van der Waals surface area contributed by atoms with E-state index < -0.39 is 10.0 Å². The average molecular weight is 498 g/mol. The van der Waals surface area contributed by atoms with E-state index >= 15 is 0 Å². The molecule has 0 amide bonds. The van der Waals surface area contributed by atoms with Crippen LogP contribution in [-0.2, 0) is 21.2 Å². The summed E-state index contributed by atoms with van der Waals surface area (Å²) >= 11 is 0. The Morgan fingerprint density at radius 3 is 2.77 bits per heavy atom. The SMILES string of the molecule is CCN(c1ncccc1CC(C)C)C1CCN(c2cc3cc(NS(C)(=O)=O)ccc3[nH]2)C(C=O)C1. The van der Waals surface area contributed by atoms with Crippen LogP contribution < -0.4 is 14.5 Å². The van der Waals surface area contributed by atoms with E-state index in [4.69, 9.17) is 4.98 Å². The third kappa shape index (κ3) is 5.78. The van der Waals surface area contributed by atoms with Crippen LogP contribution in [0.1, 0.15) is 39.2 Å². The van der Waals surface area contributed by atoms with Gasteiger partial charge in [0.2, 0.25) is 10.0 Å². The lowest BCUT2D eigenvalue weighted by Crippen LogP contribution is -2.51. The molecule has 0 spiro atoms. The molecule has 4 rings (SSSR count). The number of hydrogen-bond donors (Lipinski definition) is 2. The molecule has 2 aromatic heterocycles. The third-order valence-corrected chi connectivity index (χ3v) is 7.15. The van der Waals surface area contributed by atoms with Crippen LogP contribution >= 0.6 is 0 Å². The highest BCUT2D eigenvalue weighted by Gasteiger charge is 2.33. The number of H-pyrrole nitrogens is 1. The third-order valence-electron chi connectivity index (χ3n) is 6.54. The highest BCUT2D eigenvalue weighted by Crippen LogP contribution is 2.32. The molecule has 1 aliphatic heterocycles. The quantitative estimate of drug-likeness (QED) is 0.430. The number of sulfonamides is 1. The molecule has 35 heavy (non-hydrogen) atoms. The second-order valence-electron chi connectivity index (χ2n) is 9.78. The maximum absolute atomic E-state index is 12.2. The predicted molar refractivity (Wildman–Crippen MR) is 143 cm³/mol. The van der Waals surface area contributed by atoms with E-state index in [1.165, 1.54) is 5.56 Å². The Morgan fingerprint density at radius 1 is 1.29 bits per heavy atom. The number of carbonyl (C=O) groups excluding carboxylic acids is 1. The first-order chi connectivity index (χ1) is 16.7. The van der Waals surface area contributed by atoms with Crippen LogP contribution in [0.4, 0.5) is 17.3 Å². The molecule has 1 fully saturated rings. The van der Waals surface area contributed by atoms with Crippen molar-refractivity contribution in [2.75, 3.05) is 33.9 Å². The Kier molecular flexibility index (Phi) is 7.35. The van der Waals surface area contributed by atoms with Crippen molar-refractivity contribution in [3.8, 4) is 0 Å². The summed E-state index contributed by atoms with van der Waals surface area (Å²) < 4.78 is 25.7. The summed E-state index contributed by atoms with van der Waals surface area (Å²) in [7, 11) is -3.35. The molecule has 1 aromatic carbocycles. The molecule has 8 nitrogen and oxygen atoms in total. The molecule has 2 N–H and O–H groups in total. The number of anilines is 3. The van der Waals surface area contributed by atoms with Gasteiger partial charge in [0.1, 0.15) is 17.9 Å². The van der Waals surface area contributed by atoms with E-state index in [9.17, 15) is 13.2 Å². The topological polar surface area (TPSA) is 98.4 Å². The van der Waals surface area contributed by atoms with Crippen molar-refractivity contribution in [2.24, 2.45) is 5.92 Å². The van der Waals surface area contributed by atoms with Gasteiger partial charge in [0.05, 0.1) is 12.3 Å². The summed E-state index contributed by atoms with van der Waals surface area (Å²) in [5.41, 5.74) is 2.67. The maximum Gasteiger partial charge on any atom is 0.229 e. The van der Waals surface area contributed by atoms with Crippen molar-refractivity contribution >= 4 is 44.5 Å². The summed E-state index contributed by atoms with van der Waals surface area (Å²) in [6, 6.07) is 11.5. The van der Waals surface area contributed by atoms with Crippen molar-refractivity contribution in [2.45, 2.75) is 52.1 Å². The van der Waals surface area contributed by atoms with Crippen LogP contribution in [0.5, 0.6) is 0 Å². The van der Waals surface area contributed by atoms with Crippen LogP contribution in [0, 0.1) is 5.92 Å². The molecule has 0 saturated carbocycles. The normalized spacial score (nSPS) is 18.7. The molecule has 3 aromatic rings. The number of hydrogen-bond acceptors (Lipinski definition) is 6. The number of pyridine rings is 1. The maximum atomic E-state index is 12.2. The zero-order valence-electron chi connectivity index (χ0n) is 20.9. The monoisotopic (exact) mass is 497 g/mol. The lowest BCUT2D eigenvalue weighted by atomic mass is 9.95. The fourth-order valence-electron chi connectivity index (χ4n) is 5.11. The molecule has 2 unspecified atom stereocenters. The van der Waals surface area contributed by atoms with Gasteiger partial charge in [-0.2, -0.15) is 0 Å².